The van der Waals surface area contributed by atoms with E-state index in [4.69, 9.17) is 9.47 Å². The van der Waals surface area contributed by atoms with Crippen molar-refractivity contribution in [3.63, 3.8) is 0 Å². The third-order valence-corrected chi connectivity index (χ3v) is 3.53. The molecule has 0 atom stereocenters. The molecule has 0 saturated heterocycles. The summed E-state index contributed by atoms with van der Waals surface area (Å²) in [6, 6.07) is 0. The number of halogens is 2. The van der Waals surface area contributed by atoms with E-state index in [9.17, 15) is 14.9 Å². The topological polar surface area (TPSA) is 78.7 Å². The van der Waals surface area contributed by atoms with Gasteiger partial charge in [0.15, 0.2) is 17.8 Å². The molecule has 0 aliphatic carbocycles. The van der Waals surface area contributed by atoms with Gasteiger partial charge in [-0.05, 0) is 31.9 Å². The fraction of sp³-hybridized carbons (Fsp3) is 0.125. The lowest BCUT2D eigenvalue weighted by atomic mass is 10.2. The molecule has 6 nitrogen and oxygen atoms in total. The van der Waals surface area contributed by atoms with Crippen molar-refractivity contribution >= 4 is 43.8 Å². The number of carbonyl (C=O) groups is 1. The van der Waals surface area contributed by atoms with Gasteiger partial charge in [0.2, 0.25) is 6.79 Å². The van der Waals surface area contributed by atoms with E-state index in [0.29, 0.717) is 12.0 Å². The second-order valence-corrected chi connectivity index (χ2v) is 4.42. The first-order valence-corrected chi connectivity index (χ1v) is 5.56. The van der Waals surface area contributed by atoms with E-state index in [-0.39, 0.29) is 32.7 Å². The molecule has 0 aromatic heterocycles. The molecular weight excluding hydrogens is 350 g/mol. The third-order valence-electron chi connectivity index (χ3n) is 2.01. The summed E-state index contributed by atoms with van der Waals surface area (Å²) in [5.41, 5.74) is -0.424. The van der Waals surface area contributed by atoms with E-state index in [1.807, 2.05) is 0 Å². The monoisotopic (exact) mass is 351 g/mol. The third kappa shape index (κ3) is 1.49. The van der Waals surface area contributed by atoms with Crippen LogP contribution < -0.4 is 9.47 Å². The van der Waals surface area contributed by atoms with Crippen molar-refractivity contribution in [1.82, 2.24) is 0 Å². The number of nitro groups is 1. The van der Waals surface area contributed by atoms with E-state index >= 15 is 0 Å². The molecule has 0 spiro atoms. The van der Waals surface area contributed by atoms with Gasteiger partial charge >= 0.3 is 0 Å². The normalized spacial score (nSPS) is 12.6. The van der Waals surface area contributed by atoms with Gasteiger partial charge in [-0.1, -0.05) is 0 Å². The highest BCUT2D eigenvalue weighted by Crippen LogP contribution is 2.50. The van der Waals surface area contributed by atoms with Gasteiger partial charge in [-0.15, -0.1) is 0 Å². The molecule has 1 heterocycles. The Morgan fingerprint density at radius 2 is 1.81 bits per heavy atom. The molecule has 0 amide bonds. The largest absolute Gasteiger partial charge is 0.452 e. The van der Waals surface area contributed by atoms with Crippen LogP contribution in [-0.2, 0) is 0 Å². The Morgan fingerprint density at radius 3 is 2.31 bits per heavy atom. The Morgan fingerprint density at radius 1 is 1.25 bits per heavy atom. The number of hydrogen-bond acceptors (Lipinski definition) is 5. The van der Waals surface area contributed by atoms with Crippen molar-refractivity contribution in [3.05, 3.63) is 24.6 Å². The summed E-state index contributed by atoms with van der Waals surface area (Å²) < 4.78 is 10.5. The van der Waals surface area contributed by atoms with Crippen LogP contribution in [0.5, 0.6) is 11.5 Å². The standard InChI is InChI=1S/C8H3Br2NO5/c9-4-3(1-12)6(11(13)14)5(10)8-7(4)15-2-16-8/h1H,2H2. The fourth-order valence-electron chi connectivity index (χ4n) is 1.34. The summed E-state index contributed by atoms with van der Waals surface area (Å²) >= 11 is 6.12. The van der Waals surface area contributed by atoms with E-state index < -0.39 is 4.92 Å². The average molecular weight is 353 g/mol. The second kappa shape index (κ2) is 4.02. The Labute approximate surface area is 106 Å². The van der Waals surface area contributed by atoms with Crippen molar-refractivity contribution < 1.29 is 19.2 Å². The lowest BCUT2D eigenvalue weighted by molar-refractivity contribution is -0.386. The zero-order chi connectivity index (χ0) is 11.9. The number of benzene rings is 1. The van der Waals surface area contributed by atoms with E-state index in [0.717, 1.165) is 0 Å². The van der Waals surface area contributed by atoms with E-state index in [1.165, 1.54) is 0 Å². The zero-order valence-corrected chi connectivity index (χ0v) is 10.7. The SMILES string of the molecule is O=Cc1c(Br)c2c(c(Br)c1[N+](=O)[O-])OCO2. The number of rotatable bonds is 2. The van der Waals surface area contributed by atoms with Gasteiger partial charge in [-0.3, -0.25) is 14.9 Å². The molecule has 84 valence electrons. The number of carbonyl (C=O) groups excluding carboxylic acids is 1. The minimum absolute atomic E-state index is 0.0357. The minimum atomic E-state index is -0.652. The van der Waals surface area contributed by atoms with E-state index in [2.05, 4.69) is 31.9 Å². The smallest absolute Gasteiger partial charge is 0.299 e. The van der Waals surface area contributed by atoms with Crippen LogP contribution in [0.2, 0.25) is 0 Å². The summed E-state index contributed by atoms with van der Waals surface area (Å²) in [5, 5.41) is 10.9. The van der Waals surface area contributed by atoms with Gasteiger partial charge in [-0.2, -0.15) is 0 Å². The summed E-state index contributed by atoms with van der Waals surface area (Å²) in [7, 11) is 0. The predicted octanol–water partition coefficient (Wildman–Crippen LogP) is 2.66. The van der Waals surface area contributed by atoms with Crippen LogP contribution in [0.1, 0.15) is 10.4 Å². The Hall–Kier alpha value is -1.15. The number of aldehydes is 1. The maximum Gasteiger partial charge on any atom is 0.299 e. The van der Waals surface area contributed by atoms with Crippen molar-refractivity contribution in [2.24, 2.45) is 0 Å². The second-order valence-electron chi connectivity index (χ2n) is 2.83. The number of ether oxygens (including phenoxy) is 2. The quantitative estimate of drug-likeness (QED) is 0.464. The van der Waals surface area contributed by atoms with Crippen LogP contribution in [0.4, 0.5) is 5.69 Å². The first kappa shape index (κ1) is 11.3. The number of nitro benzene ring substituents is 1. The van der Waals surface area contributed by atoms with Crippen molar-refractivity contribution in [3.8, 4) is 11.5 Å². The van der Waals surface area contributed by atoms with Crippen LogP contribution in [0.15, 0.2) is 8.95 Å². The maximum atomic E-state index is 10.9. The van der Waals surface area contributed by atoms with Gasteiger partial charge in [0.05, 0.1) is 9.40 Å². The molecule has 0 N–H and O–H groups in total. The highest BCUT2D eigenvalue weighted by molar-refractivity contribution is 9.11. The highest BCUT2D eigenvalue weighted by atomic mass is 79.9. The first-order chi connectivity index (χ1) is 7.57. The lowest BCUT2D eigenvalue weighted by Crippen LogP contribution is -1.98. The maximum absolute atomic E-state index is 10.9. The van der Waals surface area contributed by atoms with Crippen LogP contribution in [0.3, 0.4) is 0 Å². The Kier molecular flexibility index (Phi) is 2.85. The Balaban J connectivity index is 2.84. The van der Waals surface area contributed by atoms with Crippen molar-refractivity contribution in [2.75, 3.05) is 6.79 Å². The summed E-state index contributed by atoms with van der Waals surface area (Å²) in [6.07, 6.45) is 0.398. The van der Waals surface area contributed by atoms with Crippen molar-refractivity contribution in [1.29, 1.82) is 0 Å². The van der Waals surface area contributed by atoms with Crippen LogP contribution in [0, 0.1) is 10.1 Å². The molecule has 0 radical (unpaired) electrons. The molecule has 2 rings (SSSR count). The van der Waals surface area contributed by atoms with Crippen molar-refractivity contribution in [2.45, 2.75) is 0 Å². The number of nitrogens with zero attached hydrogens (tertiary/aromatic N) is 1. The summed E-state index contributed by atoms with van der Waals surface area (Å²) in [4.78, 5) is 21.1. The number of hydrogen-bond donors (Lipinski definition) is 0. The molecule has 16 heavy (non-hydrogen) atoms. The van der Waals surface area contributed by atoms with Crippen LogP contribution in [0.25, 0.3) is 0 Å². The summed E-state index contributed by atoms with van der Waals surface area (Å²) in [5.74, 6) is 0.517. The molecule has 1 aromatic rings. The molecule has 0 unspecified atom stereocenters. The molecule has 1 aromatic carbocycles. The molecule has 0 saturated carbocycles. The van der Waals surface area contributed by atoms with Gasteiger partial charge in [0.1, 0.15) is 10.0 Å². The highest BCUT2D eigenvalue weighted by Gasteiger charge is 2.33. The Bertz CT molecular complexity index is 502. The molecule has 0 bridgehead atoms. The minimum Gasteiger partial charge on any atom is -0.452 e. The molecule has 0 fully saturated rings. The fourth-order valence-corrected chi connectivity index (χ4v) is 2.57. The first-order valence-electron chi connectivity index (χ1n) is 3.98. The van der Waals surface area contributed by atoms with Gasteiger partial charge in [0.25, 0.3) is 5.69 Å². The van der Waals surface area contributed by atoms with Crippen LogP contribution >= 0.6 is 31.9 Å². The number of fused-ring (bicyclic) bond motifs is 1. The molecule has 1 aliphatic heterocycles. The van der Waals surface area contributed by atoms with Gasteiger partial charge in [-0.25, -0.2) is 0 Å². The van der Waals surface area contributed by atoms with Gasteiger partial charge < -0.3 is 9.47 Å². The predicted molar refractivity (Wildman–Crippen MR) is 60.0 cm³/mol. The molecule has 1 aliphatic rings. The average Bonchev–Trinajstić information content (AvgIpc) is 2.71. The van der Waals surface area contributed by atoms with Gasteiger partial charge in [0, 0.05) is 0 Å². The van der Waals surface area contributed by atoms with E-state index in [1.54, 1.807) is 0 Å². The summed E-state index contributed by atoms with van der Waals surface area (Å²) in [6.45, 7) is -0.0357. The lowest BCUT2D eigenvalue weighted by Gasteiger charge is -2.05. The zero-order valence-electron chi connectivity index (χ0n) is 7.53. The molecular formula is C8H3Br2NO5. The van der Waals surface area contributed by atoms with Crippen LogP contribution in [-0.4, -0.2) is 18.0 Å². The molecule has 8 heteroatoms.